The summed E-state index contributed by atoms with van der Waals surface area (Å²) in [7, 11) is 0. The van der Waals surface area contributed by atoms with E-state index in [1.165, 1.54) is 12.5 Å². The minimum absolute atomic E-state index is 0.0813. The Balaban J connectivity index is 2.01. The molecule has 4 unspecified atom stereocenters. The molecule has 35 heavy (non-hydrogen) atoms. The zero-order valence-corrected chi connectivity index (χ0v) is 20.1. The van der Waals surface area contributed by atoms with E-state index in [1.54, 1.807) is 0 Å². The van der Waals surface area contributed by atoms with Crippen molar-refractivity contribution in [2.75, 3.05) is 18.8 Å². The van der Waals surface area contributed by atoms with Crippen molar-refractivity contribution in [2.45, 2.75) is 56.3 Å². The number of hydrogen-bond acceptors (Lipinski definition) is 8. The number of carbonyl (C=O) groups excluding carboxylic acids is 3. The number of nitrogens with two attached hydrogens (primary N) is 2. The SMILES string of the molecule is NC(N)=NCCCC(NC(=O)C(CS)NC(=O)C(Cc1cnc[nH]1)NC(=O)C1CCCN1)C(=O)O. The minimum atomic E-state index is -1.24. The summed E-state index contributed by atoms with van der Waals surface area (Å²) in [6.07, 6.45) is 5.02. The van der Waals surface area contributed by atoms with Crippen LogP contribution in [0.4, 0.5) is 0 Å². The zero-order valence-electron chi connectivity index (χ0n) is 19.2. The van der Waals surface area contributed by atoms with Gasteiger partial charge in [-0.05, 0) is 32.2 Å². The van der Waals surface area contributed by atoms with Crippen molar-refractivity contribution in [2.24, 2.45) is 16.5 Å². The van der Waals surface area contributed by atoms with Crippen molar-refractivity contribution in [3.8, 4) is 0 Å². The van der Waals surface area contributed by atoms with Crippen LogP contribution in [0.1, 0.15) is 31.4 Å². The van der Waals surface area contributed by atoms with Crippen LogP contribution >= 0.6 is 12.6 Å². The Kier molecular flexibility index (Phi) is 11.3. The molecule has 2 heterocycles. The summed E-state index contributed by atoms with van der Waals surface area (Å²) in [5.74, 6) is -3.08. The molecule has 15 heteroatoms. The lowest BCUT2D eigenvalue weighted by Gasteiger charge is -2.24. The number of rotatable bonds is 14. The van der Waals surface area contributed by atoms with Gasteiger partial charge in [-0.15, -0.1) is 0 Å². The quantitative estimate of drug-likeness (QED) is 0.0544. The molecule has 0 radical (unpaired) electrons. The van der Waals surface area contributed by atoms with Gasteiger partial charge < -0.3 is 42.8 Å². The second kappa shape index (κ2) is 14.2. The average Bonchev–Trinajstić information content (AvgIpc) is 3.52. The number of nitrogens with one attached hydrogen (secondary N) is 5. The number of carboxylic acid groups (broad SMARTS) is 1. The number of guanidine groups is 1. The number of aliphatic imine (C=N–C) groups is 1. The van der Waals surface area contributed by atoms with Gasteiger partial charge in [0, 0.05) is 30.6 Å². The van der Waals surface area contributed by atoms with Crippen molar-refractivity contribution in [1.29, 1.82) is 0 Å². The molecule has 4 atom stereocenters. The average molecular weight is 512 g/mol. The van der Waals surface area contributed by atoms with Crippen LogP contribution in [-0.4, -0.2) is 87.7 Å². The van der Waals surface area contributed by atoms with Crippen LogP contribution in [0.2, 0.25) is 0 Å². The first-order valence-electron chi connectivity index (χ1n) is 11.2. The first-order chi connectivity index (χ1) is 16.7. The summed E-state index contributed by atoms with van der Waals surface area (Å²) in [6, 6.07) is -3.72. The Morgan fingerprint density at radius 3 is 2.46 bits per heavy atom. The van der Waals surface area contributed by atoms with Crippen LogP contribution in [0.25, 0.3) is 0 Å². The highest BCUT2D eigenvalue weighted by atomic mass is 32.1. The van der Waals surface area contributed by atoms with Gasteiger partial charge in [-0.3, -0.25) is 19.4 Å². The Labute approximate surface area is 207 Å². The molecule has 1 aliphatic rings. The number of aliphatic carboxylic acids is 1. The van der Waals surface area contributed by atoms with Crippen LogP contribution < -0.4 is 32.7 Å². The standard InChI is InChI=1S/C20H33N9O5S/c21-20(22)25-6-2-4-13(19(33)34)27-18(32)15(9-35)29-17(31)14(7-11-8-23-10-26-11)28-16(30)12-3-1-5-24-12/h8,10,12-15,24,35H,1-7,9H2,(H,23,26)(H,27,32)(H,28,30)(H,29,31)(H,33,34)(H4,21,22,25). The first kappa shape index (κ1) is 27.9. The number of aromatic amines is 1. The Hall–Kier alpha value is -3.33. The van der Waals surface area contributed by atoms with Crippen LogP contribution in [0, 0.1) is 0 Å². The zero-order chi connectivity index (χ0) is 25.8. The largest absolute Gasteiger partial charge is 0.480 e. The van der Waals surface area contributed by atoms with E-state index in [0.717, 1.165) is 6.42 Å². The topological polar surface area (TPSA) is 230 Å². The van der Waals surface area contributed by atoms with E-state index in [-0.39, 0.29) is 37.0 Å². The number of imidazole rings is 1. The maximum absolute atomic E-state index is 13.0. The van der Waals surface area contributed by atoms with Crippen molar-refractivity contribution in [3.05, 3.63) is 18.2 Å². The van der Waals surface area contributed by atoms with E-state index in [4.69, 9.17) is 11.5 Å². The maximum Gasteiger partial charge on any atom is 0.326 e. The summed E-state index contributed by atoms with van der Waals surface area (Å²) in [5.41, 5.74) is 11.1. The summed E-state index contributed by atoms with van der Waals surface area (Å²) in [4.78, 5) is 60.5. The van der Waals surface area contributed by atoms with Gasteiger partial charge >= 0.3 is 5.97 Å². The number of hydrogen-bond donors (Lipinski definition) is 9. The lowest BCUT2D eigenvalue weighted by Crippen LogP contribution is -2.58. The molecule has 14 nitrogen and oxygen atoms in total. The van der Waals surface area contributed by atoms with Gasteiger partial charge in [0.2, 0.25) is 17.7 Å². The molecule has 1 saturated heterocycles. The summed E-state index contributed by atoms with van der Waals surface area (Å²) in [5, 5.41) is 20.2. The maximum atomic E-state index is 13.0. The van der Waals surface area contributed by atoms with Crippen LogP contribution in [0.15, 0.2) is 17.5 Å². The van der Waals surface area contributed by atoms with Crippen LogP contribution in [0.5, 0.6) is 0 Å². The molecule has 0 spiro atoms. The first-order valence-corrected chi connectivity index (χ1v) is 11.8. The molecule has 0 aromatic carbocycles. The van der Waals surface area contributed by atoms with Crippen LogP contribution in [-0.2, 0) is 25.6 Å². The van der Waals surface area contributed by atoms with Crippen LogP contribution in [0.3, 0.4) is 0 Å². The molecule has 10 N–H and O–H groups in total. The predicted molar refractivity (Wildman–Crippen MR) is 131 cm³/mol. The van der Waals surface area contributed by atoms with Gasteiger partial charge in [0.25, 0.3) is 0 Å². The summed E-state index contributed by atoms with van der Waals surface area (Å²) >= 11 is 4.13. The summed E-state index contributed by atoms with van der Waals surface area (Å²) in [6.45, 7) is 0.924. The van der Waals surface area contributed by atoms with Gasteiger partial charge in [0.05, 0.1) is 12.4 Å². The van der Waals surface area contributed by atoms with Crippen molar-refractivity contribution >= 4 is 42.3 Å². The number of aromatic nitrogens is 2. The van der Waals surface area contributed by atoms with Crippen molar-refractivity contribution in [1.82, 2.24) is 31.2 Å². The number of H-pyrrole nitrogens is 1. The van der Waals surface area contributed by atoms with Gasteiger partial charge in [-0.25, -0.2) is 9.78 Å². The molecule has 0 bridgehead atoms. The molecule has 2 rings (SSSR count). The van der Waals surface area contributed by atoms with E-state index >= 15 is 0 Å². The predicted octanol–water partition coefficient (Wildman–Crippen LogP) is -2.77. The fraction of sp³-hybridized carbons (Fsp3) is 0.600. The minimum Gasteiger partial charge on any atom is -0.480 e. The highest BCUT2D eigenvalue weighted by Gasteiger charge is 2.31. The number of amides is 3. The molecule has 1 fully saturated rings. The summed E-state index contributed by atoms with van der Waals surface area (Å²) < 4.78 is 0. The van der Waals surface area contributed by atoms with Gasteiger partial charge in [0.15, 0.2) is 5.96 Å². The molecule has 1 aromatic heterocycles. The third-order valence-corrected chi connectivity index (χ3v) is 5.73. The van der Waals surface area contributed by atoms with E-state index in [1.807, 2.05) is 0 Å². The number of carboxylic acids is 1. The fourth-order valence-corrected chi connectivity index (χ4v) is 3.76. The Morgan fingerprint density at radius 1 is 1.17 bits per heavy atom. The normalized spacial score (nSPS) is 17.6. The van der Waals surface area contributed by atoms with E-state index in [2.05, 4.69) is 48.9 Å². The van der Waals surface area contributed by atoms with Gasteiger partial charge in [-0.2, -0.15) is 12.6 Å². The molecule has 3 amide bonds. The molecule has 0 saturated carbocycles. The molecule has 0 aliphatic carbocycles. The molecular weight excluding hydrogens is 478 g/mol. The monoisotopic (exact) mass is 511 g/mol. The van der Waals surface area contributed by atoms with Gasteiger partial charge in [-0.1, -0.05) is 0 Å². The highest BCUT2D eigenvalue weighted by molar-refractivity contribution is 7.80. The molecule has 1 aliphatic heterocycles. The second-order valence-corrected chi connectivity index (χ2v) is 8.45. The third kappa shape index (κ3) is 9.44. The Morgan fingerprint density at radius 2 is 1.89 bits per heavy atom. The number of nitrogens with zero attached hydrogens (tertiary/aromatic N) is 2. The van der Waals surface area contributed by atoms with E-state index < -0.39 is 42.0 Å². The van der Waals surface area contributed by atoms with E-state index in [9.17, 15) is 24.3 Å². The smallest absolute Gasteiger partial charge is 0.326 e. The second-order valence-electron chi connectivity index (χ2n) is 8.08. The van der Waals surface area contributed by atoms with Gasteiger partial charge in [0.1, 0.15) is 18.1 Å². The molecule has 1 aromatic rings. The highest BCUT2D eigenvalue weighted by Crippen LogP contribution is 2.07. The fourth-order valence-electron chi connectivity index (χ4n) is 3.51. The lowest BCUT2D eigenvalue weighted by molar-refractivity contribution is -0.142. The molecule has 194 valence electrons. The molecular formula is C20H33N9O5S. The van der Waals surface area contributed by atoms with Crippen molar-refractivity contribution in [3.63, 3.8) is 0 Å². The van der Waals surface area contributed by atoms with Crippen molar-refractivity contribution < 1.29 is 24.3 Å². The number of thiol groups is 1. The number of carbonyl (C=O) groups is 4. The third-order valence-electron chi connectivity index (χ3n) is 5.36. The Bertz CT molecular complexity index is 886. The van der Waals surface area contributed by atoms with E-state index in [0.29, 0.717) is 25.1 Å². The lowest BCUT2D eigenvalue weighted by atomic mass is 10.1.